The summed E-state index contributed by atoms with van der Waals surface area (Å²) in [4.78, 5) is 12.8. The summed E-state index contributed by atoms with van der Waals surface area (Å²) < 4.78 is 0. The molecule has 1 aromatic heterocycles. The summed E-state index contributed by atoms with van der Waals surface area (Å²) in [5.74, 6) is 1.11. The van der Waals surface area contributed by atoms with Crippen molar-refractivity contribution in [3.8, 4) is 0 Å². The number of guanidine groups is 1. The first-order valence-electron chi connectivity index (χ1n) is 7.24. The predicted octanol–water partition coefficient (Wildman–Crippen LogP) is 3.30. The molecular weight excluding hydrogens is 333 g/mol. The fourth-order valence-corrected chi connectivity index (χ4v) is 2.59. The highest BCUT2D eigenvalue weighted by atomic mass is 35.5. The lowest BCUT2D eigenvalue weighted by Crippen LogP contribution is -2.34. The Bertz CT molecular complexity index is 685. The summed E-state index contributed by atoms with van der Waals surface area (Å²) in [5.41, 5.74) is 7.86. The number of nitrogens with one attached hydrogen (secondary N) is 1. The molecule has 0 saturated heterocycles. The van der Waals surface area contributed by atoms with Crippen LogP contribution in [0.4, 0.5) is 0 Å². The van der Waals surface area contributed by atoms with Crippen LogP contribution in [0.5, 0.6) is 0 Å². The number of aromatic nitrogens is 2. The second-order valence-corrected chi connectivity index (χ2v) is 6.07. The summed E-state index contributed by atoms with van der Waals surface area (Å²) in [6.07, 6.45) is 4.22. The van der Waals surface area contributed by atoms with Crippen LogP contribution in [-0.4, -0.2) is 22.5 Å². The van der Waals surface area contributed by atoms with Gasteiger partial charge in [-0.1, -0.05) is 29.3 Å². The Hall–Kier alpha value is -1.85. The molecule has 5 nitrogen and oxygen atoms in total. The average molecular weight is 352 g/mol. The van der Waals surface area contributed by atoms with Crippen LogP contribution in [0.3, 0.4) is 0 Å². The van der Waals surface area contributed by atoms with Gasteiger partial charge in [-0.2, -0.15) is 0 Å². The van der Waals surface area contributed by atoms with Crippen molar-refractivity contribution in [1.29, 1.82) is 0 Å². The minimum Gasteiger partial charge on any atom is -0.370 e. The molecule has 0 bridgehead atoms. The number of hydrogen-bond donors (Lipinski definition) is 2. The van der Waals surface area contributed by atoms with Crippen LogP contribution < -0.4 is 11.1 Å². The number of hydrogen-bond acceptors (Lipinski definition) is 3. The van der Waals surface area contributed by atoms with E-state index in [9.17, 15) is 0 Å². The van der Waals surface area contributed by atoms with E-state index in [0.717, 1.165) is 17.0 Å². The van der Waals surface area contributed by atoms with Crippen molar-refractivity contribution in [2.75, 3.05) is 6.54 Å². The van der Waals surface area contributed by atoms with E-state index in [2.05, 4.69) is 20.3 Å². The molecule has 0 aliphatic heterocycles. The maximum Gasteiger partial charge on any atom is 0.189 e. The van der Waals surface area contributed by atoms with Gasteiger partial charge in [0.05, 0.1) is 6.04 Å². The van der Waals surface area contributed by atoms with Crippen molar-refractivity contribution in [3.63, 3.8) is 0 Å². The minimum absolute atomic E-state index is 0.0702. The zero-order chi connectivity index (χ0) is 16.8. The van der Waals surface area contributed by atoms with Gasteiger partial charge < -0.3 is 11.1 Å². The van der Waals surface area contributed by atoms with Crippen LogP contribution in [0.2, 0.25) is 10.0 Å². The Kier molecular flexibility index (Phi) is 6.19. The Morgan fingerprint density at radius 2 is 2.00 bits per heavy atom. The third kappa shape index (κ3) is 5.37. The molecule has 1 atom stereocenters. The van der Waals surface area contributed by atoms with Gasteiger partial charge in [-0.15, -0.1) is 0 Å². The number of aryl methyl sites for hydroxylation is 1. The van der Waals surface area contributed by atoms with Gasteiger partial charge in [0.15, 0.2) is 5.96 Å². The highest BCUT2D eigenvalue weighted by Crippen LogP contribution is 2.25. The normalized spacial score (nSPS) is 13.0. The monoisotopic (exact) mass is 351 g/mol. The van der Waals surface area contributed by atoms with E-state index in [0.29, 0.717) is 29.0 Å². The molecule has 3 N–H and O–H groups in total. The molecule has 122 valence electrons. The van der Waals surface area contributed by atoms with Crippen LogP contribution in [-0.2, 0) is 6.42 Å². The van der Waals surface area contributed by atoms with Crippen LogP contribution >= 0.6 is 23.2 Å². The summed E-state index contributed by atoms with van der Waals surface area (Å²) >= 11 is 12.1. The molecule has 23 heavy (non-hydrogen) atoms. The zero-order valence-electron chi connectivity index (χ0n) is 13.1. The lowest BCUT2D eigenvalue weighted by atomic mass is 10.1. The van der Waals surface area contributed by atoms with Gasteiger partial charge in [-0.05, 0) is 37.1 Å². The van der Waals surface area contributed by atoms with Crippen LogP contribution in [0.25, 0.3) is 0 Å². The van der Waals surface area contributed by atoms with Crippen LogP contribution in [0.1, 0.15) is 29.9 Å². The molecule has 0 spiro atoms. The van der Waals surface area contributed by atoms with E-state index in [1.54, 1.807) is 24.5 Å². The van der Waals surface area contributed by atoms with Crippen molar-refractivity contribution in [2.45, 2.75) is 26.3 Å². The molecule has 0 amide bonds. The summed E-state index contributed by atoms with van der Waals surface area (Å²) in [6.45, 7) is 4.43. The number of halogens is 2. The van der Waals surface area contributed by atoms with Crippen molar-refractivity contribution < 1.29 is 0 Å². The lowest BCUT2D eigenvalue weighted by Gasteiger charge is -2.16. The Morgan fingerprint density at radius 3 is 2.65 bits per heavy atom. The SMILES string of the molecule is Cc1cnc(CCN=C(N)NC(C)c2ccc(Cl)cc2Cl)nc1. The van der Waals surface area contributed by atoms with Gasteiger partial charge in [0.25, 0.3) is 0 Å². The lowest BCUT2D eigenvalue weighted by molar-refractivity contribution is 0.706. The van der Waals surface area contributed by atoms with Crippen molar-refractivity contribution in [2.24, 2.45) is 10.7 Å². The van der Waals surface area contributed by atoms with Gasteiger partial charge in [0.1, 0.15) is 5.82 Å². The van der Waals surface area contributed by atoms with Crippen LogP contribution in [0, 0.1) is 6.92 Å². The topological polar surface area (TPSA) is 76.2 Å². The quantitative estimate of drug-likeness (QED) is 0.639. The second kappa shape index (κ2) is 8.13. The molecule has 1 unspecified atom stereocenters. The highest BCUT2D eigenvalue weighted by molar-refractivity contribution is 6.35. The number of benzene rings is 1. The van der Waals surface area contributed by atoms with E-state index in [4.69, 9.17) is 28.9 Å². The molecule has 1 heterocycles. The molecule has 0 saturated carbocycles. The largest absolute Gasteiger partial charge is 0.370 e. The predicted molar refractivity (Wildman–Crippen MR) is 95.0 cm³/mol. The molecule has 7 heteroatoms. The first-order valence-corrected chi connectivity index (χ1v) is 8.00. The molecule has 0 aliphatic carbocycles. The summed E-state index contributed by atoms with van der Waals surface area (Å²) in [7, 11) is 0. The standard InChI is InChI=1S/C16H19Cl2N5/c1-10-8-21-15(22-9-10)5-6-20-16(19)23-11(2)13-4-3-12(17)7-14(13)18/h3-4,7-9,11H,5-6H2,1-2H3,(H3,19,20,23). The highest BCUT2D eigenvalue weighted by Gasteiger charge is 2.10. The molecule has 0 fully saturated rings. The summed E-state index contributed by atoms with van der Waals surface area (Å²) in [6, 6.07) is 5.30. The number of aliphatic imine (C=N–C) groups is 1. The van der Waals surface area contributed by atoms with Crippen molar-refractivity contribution in [1.82, 2.24) is 15.3 Å². The maximum absolute atomic E-state index is 6.18. The smallest absolute Gasteiger partial charge is 0.189 e. The van der Waals surface area contributed by atoms with E-state index < -0.39 is 0 Å². The fourth-order valence-electron chi connectivity index (χ4n) is 2.02. The molecule has 0 radical (unpaired) electrons. The minimum atomic E-state index is -0.0702. The molecule has 1 aromatic carbocycles. The van der Waals surface area contributed by atoms with Gasteiger partial charge in [0, 0.05) is 35.4 Å². The van der Waals surface area contributed by atoms with Gasteiger partial charge >= 0.3 is 0 Å². The second-order valence-electron chi connectivity index (χ2n) is 5.23. The number of nitrogens with zero attached hydrogens (tertiary/aromatic N) is 3. The molecule has 2 rings (SSSR count). The van der Waals surface area contributed by atoms with Crippen molar-refractivity contribution in [3.05, 3.63) is 57.6 Å². The Morgan fingerprint density at radius 1 is 1.30 bits per heavy atom. The third-order valence-electron chi connectivity index (χ3n) is 3.25. The van der Waals surface area contributed by atoms with E-state index in [1.807, 2.05) is 19.9 Å². The fraction of sp³-hybridized carbons (Fsp3) is 0.312. The van der Waals surface area contributed by atoms with Gasteiger partial charge in [0.2, 0.25) is 0 Å². The van der Waals surface area contributed by atoms with Gasteiger partial charge in [-0.3, -0.25) is 4.99 Å². The van der Waals surface area contributed by atoms with E-state index in [-0.39, 0.29) is 6.04 Å². The Labute approximate surface area is 146 Å². The van der Waals surface area contributed by atoms with Crippen molar-refractivity contribution >= 4 is 29.2 Å². The van der Waals surface area contributed by atoms with E-state index >= 15 is 0 Å². The first kappa shape index (κ1) is 17.5. The molecular formula is C16H19Cl2N5. The van der Waals surface area contributed by atoms with Gasteiger partial charge in [-0.25, -0.2) is 9.97 Å². The van der Waals surface area contributed by atoms with Crippen LogP contribution in [0.15, 0.2) is 35.6 Å². The first-order chi connectivity index (χ1) is 11.0. The molecule has 0 aliphatic rings. The maximum atomic E-state index is 6.18. The average Bonchev–Trinajstić information content (AvgIpc) is 2.49. The Balaban J connectivity index is 1.89. The zero-order valence-corrected chi connectivity index (χ0v) is 14.6. The third-order valence-corrected chi connectivity index (χ3v) is 3.81. The number of nitrogens with two attached hydrogens (primary N) is 1. The van der Waals surface area contributed by atoms with E-state index in [1.165, 1.54) is 0 Å². The molecule has 2 aromatic rings. The number of rotatable bonds is 5. The summed E-state index contributed by atoms with van der Waals surface area (Å²) in [5, 5.41) is 4.31.